The largest absolute Gasteiger partial charge is 0.550 e. The van der Waals surface area contributed by atoms with Gasteiger partial charge in [0.05, 0.1) is 19.9 Å². The van der Waals surface area contributed by atoms with Gasteiger partial charge in [0, 0.05) is 17.4 Å². The van der Waals surface area contributed by atoms with Crippen LogP contribution in [0.3, 0.4) is 0 Å². The van der Waals surface area contributed by atoms with E-state index in [0.717, 1.165) is 28.5 Å². The van der Waals surface area contributed by atoms with E-state index < -0.39 is 5.97 Å². The first kappa shape index (κ1) is 15.9. The molecule has 0 aliphatic carbocycles. The van der Waals surface area contributed by atoms with E-state index in [9.17, 15) is 9.90 Å². The van der Waals surface area contributed by atoms with E-state index in [2.05, 4.69) is 4.57 Å². The minimum atomic E-state index is -1.05. The monoisotopic (exact) mass is 324 g/mol. The molecule has 0 bridgehead atoms. The quantitative estimate of drug-likeness (QED) is 0.669. The third-order valence-electron chi connectivity index (χ3n) is 3.94. The van der Waals surface area contributed by atoms with Crippen LogP contribution in [0.1, 0.15) is 17.9 Å². The number of carboxylic acid groups (broad SMARTS) is 1. The van der Waals surface area contributed by atoms with E-state index in [0.29, 0.717) is 13.0 Å². The lowest BCUT2D eigenvalue weighted by Gasteiger charge is -2.13. The van der Waals surface area contributed by atoms with E-state index >= 15 is 0 Å². The van der Waals surface area contributed by atoms with Gasteiger partial charge in [0.2, 0.25) is 0 Å². The summed E-state index contributed by atoms with van der Waals surface area (Å²) in [5, 5.41) is 10.8. The Morgan fingerprint density at radius 1 is 1.17 bits per heavy atom. The van der Waals surface area contributed by atoms with Gasteiger partial charge in [0.15, 0.2) is 0 Å². The van der Waals surface area contributed by atoms with Gasteiger partial charge in [0.25, 0.3) is 0 Å². The van der Waals surface area contributed by atoms with Gasteiger partial charge in [-0.1, -0.05) is 0 Å². The Labute approximate surface area is 140 Å². The topological polar surface area (TPSA) is 67.4 Å². The van der Waals surface area contributed by atoms with Gasteiger partial charge >= 0.3 is 0 Å². The van der Waals surface area contributed by atoms with Crippen molar-refractivity contribution >= 4 is 5.97 Å². The van der Waals surface area contributed by atoms with Gasteiger partial charge in [-0.05, 0) is 66.9 Å². The fourth-order valence-electron chi connectivity index (χ4n) is 2.72. The number of carbonyl (C=O) groups is 1. The molecule has 0 saturated heterocycles. The number of aryl methyl sites for hydroxylation is 1. The van der Waals surface area contributed by atoms with E-state index in [1.807, 2.05) is 48.5 Å². The van der Waals surface area contributed by atoms with Crippen LogP contribution in [-0.4, -0.2) is 17.6 Å². The first-order chi connectivity index (χ1) is 11.7. The molecule has 0 amide bonds. The van der Waals surface area contributed by atoms with Crippen LogP contribution in [-0.2, 0) is 17.8 Å². The fourth-order valence-corrected chi connectivity index (χ4v) is 2.72. The summed E-state index contributed by atoms with van der Waals surface area (Å²) in [4.78, 5) is 10.8. The molecule has 124 valence electrons. The zero-order valence-corrected chi connectivity index (χ0v) is 13.4. The standard InChI is InChI=1S/C19H19NO4/c1-23-16-8-4-14(5-9-16)18-10-6-15(7-11-19(21)22)20(18)13-17-3-2-12-24-17/h2-6,8-10,12H,7,11,13H2,1H3,(H,21,22)/p-1. The molecule has 0 radical (unpaired) electrons. The Hall–Kier alpha value is -2.95. The first-order valence-electron chi connectivity index (χ1n) is 7.72. The first-order valence-corrected chi connectivity index (χ1v) is 7.72. The van der Waals surface area contributed by atoms with Crippen molar-refractivity contribution in [1.29, 1.82) is 0 Å². The van der Waals surface area contributed by atoms with Crippen LogP contribution in [0.5, 0.6) is 5.75 Å². The summed E-state index contributed by atoms with van der Waals surface area (Å²) < 4.78 is 12.7. The lowest BCUT2D eigenvalue weighted by atomic mass is 10.1. The molecule has 2 heterocycles. The van der Waals surface area contributed by atoms with Crippen LogP contribution < -0.4 is 9.84 Å². The number of furan rings is 1. The number of benzene rings is 1. The second-order valence-electron chi connectivity index (χ2n) is 5.48. The summed E-state index contributed by atoms with van der Waals surface area (Å²) in [5.41, 5.74) is 2.96. The van der Waals surface area contributed by atoms with Crippen molar-refractivity contribution in [3.8, 4) is 17.0 Å². The summed E-state index contributed by atoms with van der Waals surface area (Å²) in [7, 11) is 1.63. The number of methoxy groups -OCH3 is 1. The Kier molecular flexibility index (Phi) is 4.70. The number of carbonyl (C=O) groups excluding carboxylic acids is 1. The van der Waals surface area contributed by atoms with Crippen LogP contribution >= 0.6 is 0 Å². The second-order valence-corrected chi connectivity index (χ2v) is 5.48. The van der Waals surface area contributed by atoms with Gasteiger partial charge < -0.3 is 23.6 Å². The lowest BCUT2D eigenvalue weighted by Crippen LogP contribution is -2.23. The number of aliphatic carboxylic acids is 1. The average Bonchev–Trinajstić information content (AvgIpc) is 3.23. The van der Waals surface area contributed by atoms with Crippen LogP contribution in [0.15, 0.2) is 59.2 Å². The predicted molar refractivity (Wildman–Crippen MR) is 87.6 cm³/mol. The zero-order chi connectivity index (χ0) is 16.9. The van der Waals surface area contributed by atoms with Crippen molar-refractivity contribution in [1.82, 2.24) is 4.57 Å². The molecule has 3 aromatic rings. The van der Waals surface area contributed by atoms with Crippen molar-refractivity contribution in [2.45, 2.75) is 19.4 Å². The molecule has 0 spiro atoms. The maximum absolute atomic E-state index is 10.8. The number of aromatic nitrogens is 1. The molecule has 0 atom stereocenters. The smallest absolute Gasteiger partial charge is 0.123 e. The molecule has 2 aromatic heterocycles. The van der Waals surface area contributed by atoms with Gasteiger partial charge in [-0.3, -0.25) is 0 Å². The molecule has 0 N–H and O–H groups in total. The molecule has 0 aliphatic rings. The highest BCUT2D eigenvalue weighted by Gasteiger charge is 2.12. The molecule has 0 fully saturated rings. The molecule has 1 aromatic carbocycles. The van der Waals surface area contributed by atoms with Crippen molar-refractivity contribution in [2.24, 2.45) is 0 Å². The normalized spacial score (nSPS) is 10.7. The minimum absolute atomic E-state index is 0.00970. The van der Waals surface area contributed by atoms with E-state index in [1.54, 1.807) is 13.4 Å². The van der Waals surface area contributed by atoms with Gasteiger partial charge in [0.1, 0.15) is 11.5 Å². The number of rotatable bonds is 7. The molecule has 5 heteroatoms. The average molecular weight is 324 g/mol. The molecule has 0 aliphatic heterocycles. The molecule has 24 heavy (non-hydrogen) atoms. The summed E-state index contributed by atoms with van der Waals surface area (Å²) in [6, 6.07) is 15.5. The highest BCUT2D eigenvalue weighted by atomic mass is 16.5. The number of hydrogen-bond acceptors (Lipinski definition) is 4. The van der Waals surface area contributed by atoms with Crippen LogP contribution in [0.2, 0.25) is 0 Å². The van der Waals surface area contributed by atoms with E-state index in [1.165, 1.54) is 0 Å². The van der Waals surface area contributed by atoms with Crippen LogP contribution in [0.4, 0.5) is 0 Å². The van der Waals surface area contributed by atoms with Crippen molar-refractivity contribution in [2.75, 3.05) is 7.11 Å². The van der Waals surface area contributed by atoms with Crippen LogP contribution in [0, 0.1) is 0 Å². The highest BCUT2D eigenvalue weighted by molar-refractivity contribution is 5.65. The lowest BCUT2D eigenvalue weighted by molar-refractivity contribution is -0.305. The molecular formula is C19H18NO4-. The third-order valence-corrected chi connectivity index (χ3v) is 3.94. The number of carboxylic acids is 1. The van der Waals surface area contributed by atoms with Gasteiger partial charge in [-0.25, -0.2) is 0 Å². The van der Waals surface area contributed by atoms with Gasteiger partial charge in [-0.15, -0.1) is 0 Å². The summed E-state index contributed by atoms with van der Waals surface area (Å²) in [6.07, 6.45) is 2.04. The Balaban J connectivity index is 1.95. The zero-order valence-electron chi connectivity index (χ0n) is 13.4. The molecule has 0 saturated carbocycles. The second kappa shape index (κ2) is 7.08. The van der Waals surface area contributed by atoms with E-state index in [4.69, 9.17) is 9.15 Å². The SMILES string of the molecule is COc1ccc(-c2ccc(CCC(=O)[O-])n2Cc2ccco2)cc1. The number of nitrogens with zero attached hydrogens (tertiary/aromatic N) is 1. The Bertz CT molecular complexity index is 801. The summed E-state index contributed by atoms with van der Waals surface area (Å²) in [5.74, 6) is 0.558. The number of ether oxygens (including phenoxy) is 1. The maximum Gasteiger partial charge on any atom is 0.123 e. The van der Waals surface area contributed by atoms with Crippen molar-refractivity contribution < 1.29 is 19.1 Å². The van der Waals surface area contributed by atoms with Crippen molar-refractivity contribution in [3.63, 3.8) is 0 Å². The fraction of sp³-hybridized carbons (Fsp3) is 0.211. The molecular weight excluding hydrogens is 306 g/mol. The van der Waals surface area contributed by atoms with Crippen molar-refractivity contribution in [3.05, 3.63) is 66.2 Å². The summed E-state index contributed by atoms with van der Waals surface area (Å²) >= 11 is 0. The summed E-state index contributed by atoms with van der Waals surface area (Å²) in [6.45, 7) is 0.545. The molecule has 0 unspecified atom stereocenters. The number of hydrogen-bond donors (Lipinski definition) is 0. The highest BCUT2D eigenvalue weighted by Crippen LogP contribution is 2.26. The Morgan fingerprint density at radius 3 is 2.58 bits per heavy atom. The van der Waals surface area contributed by atoms with Crippen LogP contribution in [0.25, 0.3) is 11.3 Å². The Morgan fingerprint density at radius 2 is 1.96 bits per heavy atom. The minimum Gasteiger partial charge on any atom is -0.550 e. The maximum atomic E-state index is 10.8. The molecule has 5 nitrogen and oxygen atoms in total. The van der Waals surface area contributed by atoms with E-state index in [-0.39, 0.29) is 6.42 Å². The third kappa shape index (κ3) is 3.51. The molecule has 3 rings (SSSR count). The predicted octanol–water partition coefficient (Wildman–Crippen LogP) is 2.49. The van der Waals surface area contributed by atoms with Gasteiger partial charge in [-0.2, -0.15) is 0 Å².